The number of ether oxygens (including phenoxy) is 1. The topological polar surface area (TPSA) is 21.3 Å². The molecule has 3 fully saturated rings. The van der Waals surface area contributed by atoms with Gasteiger partial charge in [-0.3, -0.25) is 0 Å². The van der Waals surface area contributed by atoms with Gasteiger partial charge in [-0.25, -0.2) is 0 Å². The van der Waals surface area contributed by atoms with Gasteiger partial charge in [0.1, 0.15) is 1.41 Å². The van der Waals surface area contributed by atoms with Gasteiger partial charge in [0.2, 0.25) is 0 Å². The summed E-state index contributed by atoms with van der Waals surface area (Å²) >= 11 is 0. The fourth-order valence-electron chi connectivity index (χ4n) is 1.15. The second-order valence-electron chi connectivity index (χ2n) is 2.20. The van der Waals surface area contributed by atoms with Gasteiger partial charge in [-0.15, -0.1) is 0 Å². The van der Waals surface area contributed by atoms with Crippen molar-refractivity contribution in [2.45, 2.75) is 18.6 Å². The Morgan fingerprint density at radius 2 is 2.14 bits per heavy atom. The predicted octanol–water partition coefficient (Wildman–Crippen LogP) is -0.253. The van der Waals surface area contributed by atoms with Crippen molar-refractivity contribution in [3.63, 3.8) is 0 Å². The predicted molar refractivity (Wildman–Crippen MR) is 26.1 cm³/mol. The van der Waals surface area contributed by atoms with E-state index in [1.165, 1.54) is 6.42 Å². The molecular weight excluding hydrogens is 90.1 g/mol. The first-order valence-corrected chi connectivity index (χ1v) is 2.74. The molecule has 0 aliphatic carbocycles. The maximum atomic E-state index is 7.19. The minimum atomic E-state index is 0.395. The Labute approximate surface area is 44.3 Å². The van der Waals surface area contributed by atoms with E-state index in [1.807, 2.05) is 0 Å². The van der Waals surface area contributed by atoms with Crippen molar-refractivity contribution in [3.05, 3.63) is 0 Å². The van der Waals surface area contributed by atoms with Crippen molar-refractivity contribution in [2.75, 3.05) is 13.1 Å². The van der Waals surface area contributed by atoms with Gasteiger partial charge in [-0.1, -0.05) is 0 Å². The molecule has 2 nitrogen and oxygen atoms in total. The molecule has 0 aromatic heterocycles. The second-order valence-corrected chi connectivity index (χ2v) is 2.20. The summed E-state index contributed by atoms with van der Waals surface area (Å²) < 4.78 is 12.5. The van der Waals surface area contributed by atoms with Gasteiger partial charge in [-0.05, 0) is 0 Å². The van der Waals surface area contributed by atoms with Gasteiger partial charge >= 0.3 is 0 Å². The van der Waals surface area contributed by atoms with Crippen LogP contribution in [0, 0.1) is 0 Å². The fraction of sp³-hybridized carbons (Fsp3) is 1.00. The smallest absolute Gasteiger partial charge is 0.122 e. The van der Waals surface area contributed by atoms with Crippen molar-refractivity contribution in [1.29, 1.82) is 0 Å². The van der Waals surface area contributed by atoms with E-state index in [4.69, 9.17) is 6.15 Å². The van der Waals surface area contributed by atoms with Crippen LogP contribution in [0.25, 0.3) is 0 Å². The SMILES string of the molecule is [2H]N1CC2CC(C1)O2. The van der Waals surface area contributed by atoms with Crippen molar-refractivity contribution < 1.29 is 6.15 Å². The van der Waals surface area contributed by atoms with Gasteiger partial charge in [0, 0.05) is 19.5 Å². The quantitative estimate of drug-likeness (QED) is 0.453. The third-order valence-electron chi connectivity index (χ3n) is 1.58. The molecule has 7 heavy (non-hydrogen) atoms. The van der Waals surface area contributed by atoms with Crippen molar-refractivity contribution in [1.82, 2.24) is 5.31 Å². The first-order valence-electron chi connectivity index (χ1n) is 3.18. The zero-order valence-corrected chi connectivity index (χ0v) is 4.13. The molecule has 1 N–H and O–H groups in total. The fourth-order valence-corrected chi connectivity index (χ4v) is 1.15. The standard InChI is InChI=1S/C5H9NO/c1-4-2-6-3-5(1)7-4/h4-6H,1-3H2/i/hD. The number of hydrogen-bond acceptors (Lipinski definition) is 2. The van der Waals surface area contributed by atoms with E-state index in [1.54, 1.807) is 5.31 Å². The molecule has 2 heteroatoms. The molecule has 0 radical (unpaired) electrons. The Bertz CT molecular complexity index is 92.6. The van der Waals surface area contributed by atoms with E-state index in [0.717, 1.165) is 13.1 Å². The van der Waals surface area contributed by atoms with Crippen LogP contribution in [0.4, 0.5) is 0 Å². The number of fused-ring (bicyclic) bond motifs is 2. The average Bonchev–Trinajstić information content (AvgIpc) is 1.62. The molecule has 2 unspecified atom stereocenters. The van der Waals surface area contributed by atoms with E-state index < -0.39 is 0 Å². The third-order valence-corrected chi connectivity index (χ3v) is 1.58. The highest BCUT2D eigenvalue weighted by atomic mass is 16.5. The lowest BCUT2D eigenvalue weighted by Crippen LogP contribution is -2.55. The maximum absolute atomic E-state index is 7.19. The summed E-state index contributed by atoms with van der Waals surface area (Å²) in [4.78, 5) is 0. The highest BCUT2D eigenvalue weighted by Crippen LogP contribution is 2.22. The van der Waals surface area contributed by atoms with Gasteiger partial charge in [0.25, 0.3) is 0 Å². The van der Waals surface area contributed by atoms with Crippen LogP contribution in [-0.2, 0) is 4.74 Å². The average molecular weight is 100 g/mol. The summed E-state index contributed by atoms with van der Waals surface area (Å²) in [6.07, 6.45) is 1.98. The summed E-state index contributed by atoms with van der Waals surface area (Å²) in [6, 6.07) is 0. The molecule has 3 aliphatic rings. The normalized spacial score (nSPS) is 52.9. The second kappa shape index (κ2) is 1.20. The molecule has 2 atom stereocenters. The van der Waals surface area contributed by atoms with Gasteiger partial charge in [0.05, 0.1) is 12.2 Å². The molecule has 40 valence electrons. The Morgan fingerprint density at radius 3 is 2.43 bits per heavy atom. The van der Waals surface area contributed by atoms with Crippen LogP contribution in [-0.4, -0.2) is 25.3 Å². The highest BCUT2D eigenvalue weighted by Gasteiger charge is 2.33. The Balaban J connectivity index is 1.97. The Morgan fingerprint density at radius 1 is 1.57 bits per heavy atom. The first kappa shape index (κ1) is 3.05. The van der Waals surface area contributed by atoms with E-state index in [2.05, 4.69) is 0 Å². The van der Waals surface area contributed by atoms with Crippen LogP contribution in [0.5, 0.6) is 0 Å². The van der Waals surface area contributed by atoms with E-state index in [-0.39, 0.29) is 0 Å². The van der Waals surface area contributed by atoms with E-state index >= 15 is 0 Å². The lowest BCUT2D eigenvalue weighted by Gasteiger charge is -2.41. The van der Waals surface area contributed by atoms with Crippen LogP contribution >= 0.6 is 0 Å². The number of piperidine rings is 1. The Kier molecular flexibility index (Phi) is 0.523. The van der Waals surface area contributed by atoms with Crippen LogP contribution in [0.3, 0.4) is 0 Å². The van der Waals surface area contributed by atoms with E-state index in [0.29, 0.717) is 12.2 Å². The summed E-state index contributed by atoms with van der Waals surface area (Å²) in [5.74, 6) is 0. The summed E-state index contributed by atoms with van der Waals surface area (Å²) in [5.41, 5.74) is 0. The molecule has 0 saturated carbocycles. The molecule has 3 aliphatic heterocycles. The molecule has 0 amide bonds. The van der Waals surface area contributed by atoms with Crippen LogP contribution in [0.2, 0.25) is 1.41 Å². The van der Waals surface area contributed by atoms with Crippen molar-refractivity contribution >= 4 is 0 Å². The number of hydrogen-bond donors (Lipinski definition) is 1. The van der Waals surface area contributed by atoms with Crippen LogP contribution in [0.15, 0.2) is 0 Å². The van der Waals surface area contributed by atoms with Gasteiger partial charge in [0.15, 0.2) is 0 Å². The maximum Gasteiger partial charge on any atom is 0.122 e. The molecular formula is C5H9NO. The minimum absolute atomic E-state index is 0.395. The summed E-state index contributed by atoms with van der Waals surface area (Å²) in [5, 5.41) is 1.59. The number of nitrogens with one attached hydrogen (secondary N) is 1. The molecule has 0 aromatic rings. The lowest BCUT2D eigenvalue weighted by molar-refractivity contribution is -0.143. The molecule has 3 saturated heterocycles. The van der Waals surface area contributed by atoms with Crippen LogP contribution in [0.1, 0.15) is 6.42 Å². The molecule has 3 rings (SSSR count). The summed E-state index contributed by atoms with van der Waals surface area (Å²) in [7, 11) is 0. The minimum Gasteiger partial charge on any atom is -0.372 e. The summed E-state index contributed by atoms with van der Waals surface area (Å²) in [6.45, 7) is 1.63. The third kappa shape index (κ3) is 0.469. The van der Waals surface area contributed by atoms with Gasteiger partial charge < -0.3 is 10.0 Å². The molecule has 3 heterocycles. The number of rotatable bonds is 0. The number of morpholine rings is 1. The Hall–Kier alpha value is -0.0800. The monoisotopic (exact) mass is 100 g/mol. The first-order chi connectivity index (χ1) is 3.84. The zero-order valence-electron chi connectivity index (χ0n) is 5.13. The molecule has 0 spiro atoms. The molecule has 2 bridgehead atoms. The molecule has 0 aromatic carbocycles. The van der Waals surface area contributed by atoms with Gasteiger partial charge in [-0.2, -0.15) is 0 Å². The largest absolute Gasteiger partial charge is 0.372 e. The lowest BCUT2D eigenvalue weighted by atomic mass is 10.0. The zero-order chi connectivity index (χ0) is 5.56. The van der Waals surface area contributed by atoms with Crippen molar-refractivity contribution in [2.24, 2.45) is 0 Å². The van der Waals surface area contributed by atoms with Crippen LogP contribution < -0.4 is 5.31 Å². The van der Waals surface area contributed by atoms with E-state index in [9.17, 15) is 0 Å². The highest BCUT2D eigenvalue weighted by molar-refractivity contribution is 4.86. The van der Waals surface area contributed by atoms with Crippen molar-refractivity contribution in [3.8, 4) is 0 Å².